The Balaban J connectivity index is 1.48. The summed E-state index contributed by atoms with van der Waals surface area (Å²) in [5.74, 6) is 1.20. The summed E-state index contributed by atoms with van der Waals surface area (Å²) in [5, 5.41) is 3.42. The van der Waals surface area contributed by atoms with Crippen LogP contribution in [0.3, 0.4) is 0 Å². The zero-order valence-corrected chi connectivity index (χ0v) is 14.5. The molecule has 0 bridgehead atoms. The lowest BCUT2D eigenvalue weighted by atomic mass is 10.0. The predicted octanol–water partition coefficient (Wildman–Crippen LogP) is 1.48. The van der Waals surface area contributed by atoms with Crippen molar-refractivity contribution >= 4 is 5.91 Å². The molecular formula is C18H33N3O2. The third-order valence-corrected chi connectivity index (χ3v) is 5.80. The minimum atomic E-state index is 0.388. The highest BCUT2D eigenvalue weighted by Gasteiger charge is 2.27. The molecule has 0 spiro atoms. The molecule has 1 unspecified atom stereocenters. The Labute approximate surface area is 140 Å². The van der Waals surface area contributed by atoms with Gasteiger partial charge in [0.15, 0.2) is 0 Å². The molecule has 1 aliphatic carbocycles. The van der Waals surface area contributed by atoms with Crippen LogP contribution in [0.4, 0.5) is 0 Å². The van der Waals surface area contributed by atoms with E-state index in [2.05, 4.69) is 15.1 Å². The van der Waals surface area contributed by atoms with E-state index in [1.54, 1.807) is 0 Å². The third kappa shape index (κ3) is 5.16. The number of nitrogens with zero attached hydrogens (tertiary/aromatic N) is 2. The lowest BCUT2D eigenvalue weighted by Crippen LogP contribution is -2.47. The normalized spacial score (nSPS) is 26.7. The molecule has 0 aromatic carbocycles. The molecule has 2 saturated heterocycles. The minimum absolute atomic E-state index is 0.388. The number of rotatable bonds is 7. The Morgan fingerprint density at radius 2 is 1.96 bits per heavy atom. The van der Waals surface area contributed by atoms with Gasteiger partial charge in [-0.1, -0.05) is 25.7 Å². The minimum Gasteiger partial charge on any atom is -0.379 e. The lowest BCUT2D eigenvalue weighted by Gasteiger charge is -2.33. The number of hydrogen-bond acceptors (Lipinski definition) is 4. The smallest absolute Gasteiger partial charge is 0.222 e. The van der Waals surface area contributed by atoms with Gasteiger partial charge in [-0.05, 0) is 25.3 Å². The molecule has 1 amide bonds. The van der Waals surface area contributed by atoms with E-state index < -0.39 is 0 Å². The predicted molar refractivity (Wildman–Crippen MR) is 91.4 cm³/mol. The third-order valence-electron chi connectivity index (χ3n) is 5.80. The van der Waals surface area contributed by atoms with Gasteiger partial charge in [0.2, 0.25) is 5.91 Å². The highest BCUT2D eigenvalue weighted by atomic mass is 16.5. The van der Waals surface area contributed by atoms with Crippen LogP contribution >= 0.6 is 0 Å². The SMILES string of the molecule is O=C(CCC1CCCC1)N(CCN1CCOCC1)C1CCNC1. The van der Waals surface area contributed by atoms with Crippen LogP contribution in [0.15, 0.2) is 0 Å². The summed E-state index contributed by atoms with van der Waals surface area (Å²) in [7, 11) is 0. The van der Waals surface area contributed by atoms with Crippen molar-refractivity contribution in [2.45, 2.75) is 51.0 Å². The molecule has 0 radical (unpaired) electrons. The van der Waals surface area contributed by atoms with Crippen LogP contribution in [-0.2, 0) is 9.53 Å². The van der Waals surface area contributed by atoms with Crippen molar-refractivity contribution in [1.29, 1.82) is 0 Å². The number of nitrogens with one attached hydrogen (secondary N) is 1. The van der Waals surface area contributed by atoms with Crippen LogP contribution < -0.4 is 5.32 Å². The van der Waals surface area contributed by atoms with Crippen molar-refractivity contribution < 1.29 is 9.53 Å². The fourth-order valence-corrected chi connectivity index (χ4v) is 4.26. The maximum Gasteiger partial charge on any atom is 0.222 e. The largest absolute Gasteiger partial charge is 0.379 e. The van der Waals surface area contributed by atoms with Crippen LogP contribution in [0.2, 0.25) is 0 Å². The van der Waals surface area contributed by atoms with Crippen LogP contribution in [-0.4, -0.2) is 74.2 Å². The zero-order valence-electron chi connectivity index (χ0n) is 14.5. The first-order valence-electron chi connectivity index (χ1n) is 9.63. The van der Waals surface area contributed by atoms with E-state index in [1.165, 1.54) is 25.7 Å². The van der Waals surface area contributed by atoms with Gasteiger partial charge in [0, 0.05) is 45.2 Å². The summed E-state index contributed by atoms with van der Waals surface area (Å²) < 4.78 is 5.42. The summed E-state index contributed by atoms with van der Waals surface area (Å²) in [6, 6.07) is 0.409. The fraction of sp³-hybridized carbons (Fsp3) is 0.944. The number of hydrogen-bond donors (Lipinski definition) is 1. The maximum atomic E-state index is 12.8. The summed E-state index contributed by atoms with van der Waals surface area (Å²) >= 11 is 0. The van der Waals surface area contributed by atoms with Gasteiger partial charge in [0.05, 0.1) is 13.2 Å². The number of carbonyl (C=O) groups excluding carboxylic acids is 1. The molecule has 1 saturated carbocycles. The number of morpholine rings is 1. The van der Waals surface area contributed by atoms with Gasteiger partial charge in [0.1, 0.15) is 0 Å². The molecule has 5 heteroatoms. The highest BCUT2D eigenvalue weighted by molar-refractivity contribution is 5.76. The van der Waals surface area contributed by atoms with Crippen molar-refractivity contribution in [2.24, 2.45) is 5.92 Å². The molecule has 0 aromatic heterocycles. The van der Waals surface area contributed by atoms with E-state index in [-0.39, 0.29) is 0 Å². The first-order valence-corrected chi connectivity index (χ1v) is 9.63. The van der Waals surface area contributed by atoms with Gasteiger partial charge < -0.3 is 15.0 Å². The molecule has 3 rings (SSSR count). The van der Waals surface area contributed by atoms with Crippen molar-refractivity contribution in [3.63, 3.8) is 0 Å². The lowest BCUT2D eigenvalue weighted by molar-refractivity contribution is -0.133. The van der Waals surface area contributed by atoms with Gasteiger partial charge >= 0.3 is 0 Å². The molecule has 2 heterocycles. The second-order valence-corrected chi connectivity index (χ2v) is 7.38. The Morgan fingerprint density at radius 1 is 1.17 bits per heavy atom. The number of ether oxygens (including phenoxy) is 1. The van der Waals surface area contributed by atoms with Crippen LogP contribution in [0.25, 0.3) is 0 Å². The monoisotopic (exact) mass is 323 g/mol. The average Bonchev–Trinajstić information content (AvgIpc) is 3.28. The molecule has 132 valence electrons. The van der Waals surface area contributed by atoms with Crippen molar-refractivity contribution in [1.82, 2.24) is 15.1 Å². The summed E-state index contributed by atoms with van der Waals surface area (Å²) in [4.78, 5) is 17.4. The van der Waals surface area contributed by atoms with Gasteiger partial charge in [0.25, 0.3) is 0 Å². The second kappa shape index (κ2) is 9.00. The van der Waals surface area contributed by atoms with Gasteiger partial charge in [-0.3, -0.25) is 9.69 Å². The number of amides is 1. The average molecular weight is 323 g/mol. The van der Waals surface area contributed by atoms with E-state index in [1.807, 2.05) is 0 Å². The summed E-state index contributed by atoms with van der Waals surface area (Å²) in [6.07, 6.45) is 8.38. The second-order valence-electron chi connectivity index (χ2n) is 7.38. The highest BCUT2D eigenvalue weighted by Crippen LogP contribution is 2.29. The molecule has 1 N–H and O–H groups in total. The van der Waals surface area contributed by atoms with Crippen LogP contribution in [0.1, 0.15) is 44.9 Å². The van der Waals surface area contributed by atoms with E-state index in [4.69, 9.17) is 4.74 Å². The number of carbonyl (C=O) groups is 1. The quantitative estimate of drug-likeness (QED) is 0.771. The zero-order chi connectivity index (χ0) is 15.9. The van der Waals surface area contributed by atoms with Gasteiger partial charge in [-0.25, -0.2) is 0 Å². The van der Waals surface area contributed by atoms with E-state index >= 15 is 0 Å². The topological polar surface area (TPSA) is 44.8 Å². The first kappa shape index (κ1) is 17.2. The van der Waals surface area contributed by atoms with Crippen molar-refractivity contribution in [3.05, 3.63) is 0 Å². The molecular weight excluding hydrogens is 290 g/mol. The Morgan fingerprint density at radius 3 is 2.65 bits per heavy atom. The molecule has 1 atom stereocenters. The summed E-state index contributed by atoms with van der Waals surface area (Å²) in [6.45, 7) is 7.58. The standard InChI is InChI=1S/C18H33N3O2/c22-18(6-5-16-3-1-2-4-16)21(17-7-8-19-15-17)10-9-20-11-13-23-14-12-20/h16-17,19H,1-15H2. The Kier molecular flexibility index (Phi) is 6.72. The molecule has 2 aliphatic heterocycles. The van der Waals surface area contributed by atoms with E-state index in [9.17, 15) is 4.79 Å². The Hall–Kier alpha value is -0.650. The van der Waals surface area contributed by atoms with E-state index in [0.29, 0.717) is 11.9 Å². The first-order chi connectivity index (χ1) is 11.3. The van der Waals surface area contributed by atoms with Crippen LogP contribution in [0.5, 0.6) is 0 Å². The summed E-state index contributed by atoms with van der Waals surface area (Å²) in [5.41, 5.74) is 0. The van der Waals surface area contributed by atoms with Crippen LogP contribution in [0, 0.1) is 5.92 Å². The molecule has 0 aromatic rings. The molecule has 3 fully saturated rings. The Bertz CT molecular complexity index is 359. The van der Waals surface area contributed by atoms with Crippen molar-refractivity contribution in [2.75, 3.05) is 52.5 Å². The molecule has 3 aliphatic rings. The molecule has 23 heavy (non-hydrogen) atoms. The molecule has 5 nitrogen and oxygen atoms in total. The fourth-order valence-electron chi connectivity index (χ4n) is 4.26. The van der Waals surface area contributed by atoms with Gasteiger partial charge in [-0.15, -0.1) is 0 Å². The van der Waals surface area contributed by atoms with E-state index in [0.717, 1.165) is 77.7 Å². The van der Waals surface area contributed by atoms with Crippen molar-refractivity contribution in [3.8, 4) is 0 Å². The maximum absolute atomic E-state index is 12.8. The van der Waals surface area contributed by atoms with Gasteiger partial charge in [-0.2, -0.15) is 0 Å².